The molecule has 0 fully saturated rings. The summed E-state index contributed by atoms with van der Waals surface area (Å²) in [5.74, 6) is -0.134. The highest BCUT2D eigenvalue weighted by Gasteiger charge is 2.11. The van der Waals surface area contributed by atoms with E-state index in [4.69, 9.17) is 4.74 Å². The van der Waals surface area contributed by atoms with E-state index in [1.54, 1.807) is 30.3 Å². The molecule has 2 aromatic carbocycles. The second kappa shape index (κ2) is 6.52. The van der Waals surface area contributed by atoms with Crippen LogP contribution in [0.25, 0.3) is 0 Å². The van der Waals surface area contributed by atoms with Crippen molar-refractivity contribution in [2.45, 2.75) is 6.42 Å². The predicted octanol–water partition coefficient (Wildman–Crippen LogP) is 3.78. The van der Waals surface area contributed by atoms with E-state index in [-0.39, 0.29) is 12.3 Å². The molecule has 0 aliphatic heterocycles. The Bertz CT molecular complexity index is 631. The molecule has 2 aromatic rings. The van der Waals surface area contributed by atoms with Crippen molar-refractivity contribution in [3.8, 4) is 5.75 Å². The number of hydrogen-bond acceptors (Lipinski definition) is 2. The highest BCUT2D eigenvalue weighted by molar-refractivity contribution is 9.10. The van der Waals surface area contributed by atoms with Crippen LogP contribution in [0.2, 0.25) is 0 Å². The van der Waals surface area contributed by atoms with E-state index >= 15 is 0 Å². The van der Waals surface area contributed by atoms with Gasteiger partial charge in [-0.3, -0.25) is 4.79 Å². The SMILES string of the molecule is COc1ccccc1NC(=O)Cc1cc(Br)ccc1F. The maximum absolute atomic E-state index is 13.6. The number of rotatable bonds is 4. The largest absolute Gasteiger partial charge is 0.495 e. The molecule has 0 unspecified atom stereocenters. The minimum absolute atomic E-state index is 0.0384. The third-order valence-electron chi connectivity index (χ3n) is 2.74. The lowest BCUT2D eigenvalue weighted by atomic mass is 10.1. The van der Waals surface area contributed by atoms with Crippen LogP contribution in [-0.2, 0) is 11.2 Å². The van der Waals surface area contributed by atoms with Crippen molar-refractivity contribution in [1.82, 2.24) is 0 Å². The maximum atomic E-state index is 13.6. The Labute approximate surface area is 124 Å². The van der Waals surface area contributed by atoms with Crippen LogP contribution in [0, 0.1) is 5.82 Å². The van der Waals surface area contributed by atoms with Gasteiger partial charge in [-0.2, -0.15) is 0 Å². The van der Waals surface area contributed by atoms with Gasteiger partial charge in [-0.25, -0.2) is 4.39 Å². The Balaban J connectivity index is 2.11. The van der Waals surface area contributed by atoms with Gasteiger partial charge < -0.3 is 10.1 Å². The van der Waals surface area contributed by atoms with Crippen molar-refractivity contribution in [2.75, 3.05) is 12.4 Å². The molecule has 0 heterocycles. The molecular formula is C15H13BrFNO2. The molecule has 104 valence electrons. The van der Waals surface area contributed by atoms with Crippen LogP contribution in [0.15, 0.2) is 46.9 Å². The lowest BCUT2D eigenvalue weighted by Crippen LogP contribution is -2.15. The second-order valence-electron chi connectivity index (χ2n) is 4.16. The minimum atomic E-state index is -0.400. The third kappa shape index (κ3) is 3.57. The van der Waals surface area contributed by atoms with Crippen molar-refractivity contribution >= 4 is 27.5 Å². The summed E-state index contributed by atoms with van der Waals surface area (Å²) in [6, 6.07) is 11.6. The first-order chi connectivity index (χ1) is 9.60. The van der Waals surface area contributed by atoms with Gasteiger partial charge in [-0.1, -0.05) is 28.1 Å². The fraction of sp³-hybridized carbons (Fsp3) is 0.133. The number of para-hydroxylation sites is 2. The predicted molar refractivity (Wildman–Crippen MR) is 79.4 cm³/mol. The smallest absolute Gasteiger partial charge is 0.229 e. The highest BCUT2D eigenvalue weighted by Crippen LogP contribution is 2.23. The first-order valence-electron chi connectivity index (χ1n) is 5.97. The minimum Gasteiger partial charge on any atom is -0.495 e. The average Bonchev–Trinajstić information content (AvgIpc) is 2.43. The normalized spacial score (nSPS) is 10.2. The summed E-state index contributed by atoms with van der Waals surface area (Å²) >= 11 is 3.26. The molecule has 1 amide bonds. The molecule has 0 radical (unpaired) electrons. The van der Waals surface area contributed by atoms with Gasteiger partial charge in [0.2, 0.25) is 5.91 Å². The van der Waals surface area contributed by atoms with Crippen molar-refractivity contribution < 1.29 is 13.9 Å². The van der Waals surface area contributed by atoms with Gasteiger partial charge in [0.1, 0.15) is 11.6 Å². The quantitative estimate of drug-likeness (QED) is 0.921. The van der Waals surface area contributed by atoms with Crippen LogP contribution in [-0.4, -0.2) is 13.0 Å². The van der Waals surface area contributed by atoms with Crippen LogP contribution in [0.5, 0.6) is 5.75 Å². The van der Waals surface area contributed by atoms with Gasteiger partial charge in [0.05, 0.1) is 19.2 Å². The number of carbonyl (C=O) groups is 1. The third-order valence-corrected chi connectivity index (χ3v) is 3.23. The van der Waals surface area contributed by atoms with Crippen LogP contribution < -0.4 is 10.1 Å². The molecule has 3 nitrogen and oxygen atoms in total. The number of methoxy groups -OCH3 is 1. The summed E-state index contributed by atoms with van der Waals surface area (Å²) in [6.45, 7) is 0. The van der Waals surface area contributed by atoms with Gasteiger partial charge in [0.15, 0.2) is 0 Å². The molecular weight excluding hydrogens is 325 g/mol. The van der Waals surface area contributed by atoms with E-state index in [1.165, 1.54) is 13.2 Å². The summed E-state index contributed by atoms with van der Waals surface area (Å²) in [5, 5.41) is 2.71. The number of ether oxygens (including phenoxy) is 1. The van der Waals surface area contributed by atoms with Gasteiger partial charge >= 0.3 is 0 Å². The fourth-order valence-electron chi connectivity index (χ4n) is 1.79. The Hall–Kier alpha value is -1.88. The van der Waals surface area contributed by atoms with E-state index in [2.05, 4.69) is 21.2 Å². The van der Waals surface area contributed by atoms with E-state index in [1.807, 2.05) is 6.07 Å². The van der Waals surface area contributed by atoms with Crippen molar-refractivity contribution in [2.24, 2.45) is 0 Å². The summed E-state index contributed by atoms with van der Waals surface area (Å²) in [5.41, 5.74) is 0.905. The van der Waals surface area contributed by atoms with Crippen LogP contribution in [0.3, 0.4) is 0 Å². The van der Waals surface area contributed by atoms with Crippen LogP contribution in [0.1, 0.15) is 5.56 Å². The number of amides is 1. The Morgan fingerprint density at radius 2 is 2.05 bits per heavy atom. The van der Waals surface area contributed by atoms with Gasteiger partial charge in [-0.05, 0) is 35.9 Å². The molecule has 2 rings (SSSR count). The average molecular weight is 338 g/mol. The van der Waals surface area contributed by atoms with Gasteiger partial charge in [0.25, 0.3) is 0 Å². The number of anilines is 1. The molecule has 1 N–H and O–H groups in total. The Morgan fingerprint density at radius 1 is 1.30 bits per heavy atom. The number of hydrogen-bond donors (Lipinski definition) is 1. The fourth-order valence-corrected chi connectivity index (χ4v) is 2.20. The zero-order chi connectivity index (χ0) is 14.5. The van der Waals surface area contributed by atoms with Crippen LogP contribution >= 0.6 is 15.9 Å². The number of halogens is 2. The van der Waals surface area contributed by atoms with E-state index < -0.39 is 5.82 Å². The zero-order valence-electron chi connectivity index (χ0n) is 10.8. The zero-order valence-corrected chi connectivity index (χ0v) is 12.4. The Kier molecular flexibility index (Phi) is 4.74. The molecule has 0 aromatic heterocycles. The van der Waals surface area contributed by atoms with E-state index in [0.717, 1.165) is 4.47 Å². The van der Waals surface area contributed by atoms with Crippen molar-refractivity contribution in [3.05, 3.63) is 58.3 Å². The molecule has 0 atom stereocenters. The molecule has 5 heteroatoms. The number of benzene rings is 2. The molecule has 0 aliphatic rings. The lowest BCUT2D eigenvalue weighted by Gasteiger charge is -2.10. The molecule has 0 bridgehead atoms. The number of nitrogens with one attached hydrogen (secondary N) is 1. The first kappa shape index (κ1) is 14.5. The van der Waals surface area contributed by atoms with Gasteiger partial charge in [0, 0.05) is 4.47 Å². The summed E-state index contributed by atoms with van der Waals surface area (Å²) in [7, 11) is 1.53. The molecule has 0 spiro atoms. The monoisotopic (exact) mass is 337 g/mol. The second-order valence-corrected chi connectivity index (χ2v) is 5.08. The maximum Gasteiger partial charge on any atom is 0.229 e. The number of carbonyl (C=O) groups excluding carboxylic acids is 1. The standard InChI is InChI=1S/C15H13BrFNO2/c1-20-14-5-3-2-4-13(14)18-15(19)9-10-8-11(16)6-7-12(10)17/h2-8H,9H2,1H3,(H,18,19). The van der Waals surface area contributed by atoms with Crippen molar-refractivity contribution in [1.29, 1.82) is 0 Å². The van der Waals surface area contributed by atoms with Crippen LogP contribution in [0.4, 0.5) is 10.1 Å². The lowest BCUT2D eigenvalue weighted by molar-refractivity contribution is -0.115. The van der Waals surface area contributed by atoms with Crippen molar-refractivity contribution in [3.63, 3.8) is 0 Å². The molecule has 0 saturated heterocycles. The highest BCUT2D eigenvalue weighted by atomic mass is 79.9. The summed E-state index contributed by atoms with van der Waals surface area (Å²) in [4.78, 5) is 12.0. The molecule has 0 saturated carbocycles. The topological polar surface area (TPSA) is 38.3 Å². The molecule has 0 aliphatic carbocycles. The molecule has 20 heavy (non-hydrogen) atoms. The van der Waals surface area contributed by atoms with E-state index in [0.29, 0.717) is 17.0 Å². The van der Waals surface area contributed by atoms with Gasteiger partial charge in [-0.15, -0.1) is 0 Å². The summed E-state index contributed by atoms with van der Waals surface area (Å²) in [6.07, 6.45) is -0.0384. The summed E-state index contributed by atoms with van der Waals surface area (Å²) < 4.78 is 19.5. The Morgan fingerprint density at radius 3 is 2.80 bits per heavy atom. The first-order valence-corrected chi connectivity index (χ1v) is 6.76. The van der Waals surface area contributed by atoms with E-state index in [9.17, 15) is 9.18 Å².